The van der Waals surface area contributed by atoms with Crippen molar-refractivity contribution in [3.05, 3.63) is 22.9 Å². The average Bonchev–Trinajstić information content (AvgIpc) is 2.34. The standard InChI is InChI=1S/C12H17BrN4O/c13-10-7-15-4-1-11(10)16-9-2-5-17(6-3-9)8-12(14)18/h1,4,7,9H,2-3,5-6,8H2,(H2,14,18)(H,15,16). The van der Waals surface area contributed by atoms with E-state index in [1.165, 1.54) is 0 Å². The molecular weight excluding hydrogens is 296 g/mol. The van der Waals surface area contributed by atoms with E-state index in [1.54, 1.807) is 12.4 Å². The number of nitrogens with two attached hydrogens (primary N) is 1. The first kappa shape index (κ1) is 13.3. The number of primary amides is 1. The lowest BCUT2D eigenvalue weighted by atomic mass is 10.0. The highest BCUT2D eigenvalue weighted by Crippen LogP contribution is 2.23. The molecule has 1 amide bonds. The van der Waals surface area contributed by atoms with Crippen LogP contribution in [0.4, 0.5) is 5.69 Å². The second-order valence-corrected chi connectivity index (χ2v) is 5.37. The van der Waals surface area contributed by atoms with Crippen LogP contribution in [0, 0.1) is 0 Å². The van der Waals surface area contributed by atoms with Crippen LogP contribution in [0.5, 0.6) is 0 Å². The van der Waals surface area contributed by atoms with E-state index in [9.17, 15) is 4.79 Å². The third kappa shape index (κ3) is 3.68. The molecule has 0 atom stereocenters. The van der Waals surface area contributed by atoms with Crippen LogP contribution in [0.25, 0.3) is 0 Å². The van der Waals surface area contributed by atoms with Crippen LogP contribution in [0.1, 0.15) is 12.8 Å². The fraction of sp³-hybridized carbons (Fsp3) is 0.500. The number of nitrogens with one attached hydrogen (secondary N) is 1. The Bertz CT molecular complexity index is 418. The van der Waals surface area contributed by atoms with Gasteiger partial charge in [0.05, 0.1) is 16.7 Å². The summed E-state index contributed by atoms with van der Waals surface area (Å²) in [6.07, 6.45) is 5.59. The number of aromatic nitrogens is 1. The molecule has 98 valence electrons. The number of nitrogens with zero attached hydrogens (tertiary/aromatic N) is 2. The average molecular weight is 313 g/mol. The van der Waals surface area contributed by atoms with Crippen LogP contribution in [0.3, 0.4) is 0 Å². The highest BCUT2D eigenvalue weighted by atomic mass is 79.9. The molecule has 2 heterocycles. The summed E-state index contributed by atoms with van der Waals surface area (Å²) < 4.78 is 0.976. The van der Waals surface area contributed by atoms with Gasteiger partial charge in [0.2, 0.25) is 5.91 Å². The zero-order valence-electron chi connectivity index (χ0n) is 10.1. The lowest BCUT2D eigenvalue weighted by Gasteiger charge is -2.32. The Labute approximate surface area is 115 Å². The lowest BCUT2D eigenvalue weighted by Crippen LogP contribution is -2.42. The number of hydrogen-bond acceptors (Lipinski definition) is 4. The van der Waals surface area contributed by atoms with Gasteiger partial charge in [0.15, 0.2) is 0 Å². The summed E-state index contributed by atoms with van der Waals surface area (Å²) in [4.78, 5) is 17.0. The summed E-state index contributed by atoms with van der Waals surface area (Å²) in [5.41, 5.74) is 6.26. The zero-order chi connectivity index (χ0) is 13.0. The fourth-order valence-electron chi connectivity index (χ4n) is 2.17. The van der Waals surface area contributed by atoms with Gasteiger partial charge in [-0.15, -0.1) is 0 Å². The molecule has 5 nitrogen and oxygen atoms in total. The van der Waals surface area contributed by atoms with Crippen molar-refractivity contribution in [2.45, 2.75) is 18.9 Å². The van der Waals surface area contributed by atoms with Crippen LogP contribution in [-0.4, -0.2) is 41.5 Å². The van der Waals surface area contributed by atoms with E-state index in [1.807, 2.05) is 6.07 Å². The Kier molecular flexibility index (Phi) is 4.54. The largest absolute Gasteiger partial charge is 0.381 e. The summed E-state index contributed by atoms with van der Waals surface area (Å²) >= 11 is 3.47. The Balaban J connectivity index is 1.84. The van der Waals surface area contributed by atoms with Crippen LogP contribution in [0.15, 0.2) is 22.9 Å². The summed E-state index contributed by atoms with van der Waals surface area (Å²) in [6, 6.07) is 2.40. The number of pyridine rings is 1. The topological polar surface area (TPSA) is 71.2 Å². The molecule has 1 fully saturated rings. The van der Waals surface area contributed by atoms with E-state index in [4.69, 9.17) is 5.73 Å². The van der Waals surface area contributed by atoms with E-state index in [-0.39, 0.29) is 5.91 Å². The zero-order valence-corrected chi connectivity index (χ0v) is 11.7. The fourth-order valence-corrected chi connectivity index (χ4v) is 2.53. The van der Waals surface area contributed by atoms with E-state index in [0.29, 0.717) is 12.6 Å². The van der Waals surface area contributed by atoms with E-state index in [2.05, 4.69) is 31.1 Å². The van der Waals surface area contributed by atoms with Crippen LogP contribution in [0.2, 0.25) is 0 Å². The number of carbonyl (C=O) groups excluding carboxylic acids is 1. The molecule has 0 unspecified atom stereocenters. The van der Waals surface area contributed by atoms with Crippen LogP contribution < -0.4 is 11.1 Å². The molecule has 0 bridgehead atoms. The first-order valence-electron chi connectivity index (χ1n) is 6.02. The molecule has 6 heteroatoms. The maximum absolute atomic E-state index is 10.8. The molecule has 18 heavy (non-hydrogen) atoms. The van der Waals surface area contributed by atoms with Crippen LogP contribution >= 0.6 is 15.9 Å². The van der Waals surface area contributed by atoms with Crippen molar-refractivity contribution < 1.29 is 4.79 Å². The number of carbonyl (C=O) groups is 1. The molecule has 1 saturated heterocycles. The van der Waals surface area contributed by atoms with Gasteiger partial charge in [-0.3, -0.25) is 14.7 Å². The van der Waals surface area contributed by atoms with Crippen molar-refractivity contribution in [3.63, 3.8) is 0 Å². The van der Waals surface area contributed by atoms with Crippen molar-refractivity contribution in [1.82, 2.24) is 9.88 Å². The SMILES string of the molecule is NC(=O)CN1CCC(Nc2ccncc2Br)CC1. The van der Waals surface area contributed by atoms with Gasteiger partial charge in [-0.1, -0.05) is 0 Å². The first-order valence-corrected chi connectivity index (χ1v) is 6.81. The predicted molar refractivity (Wildman–Crippen MR) is 74.2 cm³/mol. The summed E-state index contributed by atoms with van der Waals surface area (Å²) in [5, 5.41) is 3.49. The van der Waals surface area contributed by atoms with Crippen LogP contribution in [-0.2, 0) is 4.79 Å². The van der Waals surface area contributed by atoms with Gasteiger partial charge in [-0.25, -0.2) is 0 Å². The van der Waals surface area contributed by atoms with Crippen molar-refractivity contribution in [2.24, 2.45) is 5.73 Å². The van der Waals surface area contributed by atoms with E-state index >= 15 is 0 Å². The molecule has 0 aromatic carbocycles. The Morgan fingerprint density at radius 1 is 1.56 bits per heavy atom. The number of hydrogen-bond donors (Lipinski definition) is 2. The molecule has 1 aromatic rings. The number of likely N-dealkylation sites (tertiary alicyclic amines) is 1. The lowest BCUT2D eigenvalue weighted by molar-refractivity contribution is -0.119. The Morgan fingerprint density at radius 3 is 2.89 bits per heavy atom. The summed E-state index contributed by atoms with van der Waals surface area (Å²) in [7, 11) is 0. The molecule has 2 rings (SSSR count). The Morgan fingerprint density at radius 2 is 2.28 bits per heavy atom. The predicted octanol–water partition coefficient (Wildman–Crippen LogP) is 1.21. The number of anilines is 1. The minimum Gasteiger partial charge on any atom is -0.381 e. The maximum atomic E-state index is 10.8. The highest BCUT2D eigenvalue weighted by molar-refractivity contribution is 9.10. The van der Waals surface area contributed by atoms with Gasteiger partial charge < -0.3 is 11.1 Å². The third-order valence-corrected chi connectivity index (χ3v) is 3.73. The van der Waals surface area contributed by atoms with Crippen molar-refractivity contribution in [3.8, 4) is 0 Å². The molecule has 1 aliphatic heterocycles. The highest BCUT2D eigenvalue weighted by Gasteiger charge is 2.20. The number of halogens is 1. The maximum Gasteiger partial charge on any atom is 0.231 e. The molecular formula is C12H17BrN4O. The molecule has 0 aliphatic carbocycles. The molecule has 0 saturated carbocycles. The van der Waals surface area contributed by atoms with Gasteiger partial charge in [-0.2, -0.15) is 0 Å². The quantitative estimate of drug-likeness (QED) is 0.876. The van der Waals surface area contributed by atoms with Gasteiger partial charge in [0, 0.05) is 31.5 Å². The second kappa shape index (κ2) is 6.15. The van der Waals surface area contributed by atoms with Crippen molar-refractivity contribution >= 4 is 27.5 Å². The minimum atomic E-state index is -0.252. The van der Waals surface area contributed by atoms with E-state index in [0.717, 1.165) is 36.1 Å². The number of rotatable bonds is 4. The minimum absolute atomic E-state index is 0.252. The van der Waals surface area contributed by atoms with Crippen molar-refractivity contribution in [2.75, 3.05) is 25.0 Å². The Hall–Kier alpha value is -1.14. The molecule has 0 radical (unpaired) electrons. The van der Waals surface area contributed by atoms with Crippen molar-refractivity contribution in [1.29, 1.82) is 0 Å². The van der Waals surface area contributed by atoms with Gasteiger partial charge in [0.1, 0.15) is 0 Å². The van der Waals surface area contributed by atoms with E-state index < -0.39 is 0 Å². The van der Waals surface area contributed by atoms with Gasteiger partial charge in [0.25, 0.3) is 0 Å². The number of piperidine rings is 1. The molecule has 3 N–H and O–H groups in total. The summed E-state index contributed by atoms with van der Waals surface area (Å²) in [5.74, 6) is -0.252. The molecule has 0 spiro atoms. The first-order chi connectivity index (χ1) is 8.65. The third-order valence-electron chi connectivity index (χ3n) is 3.10. The molecule has 1 aliphatic rings. The van der Waals surface area contributed by atoms with Gasteiger partial charge >= 0.3 is 0 Å². The smallest absolute Gasteiger partial charge is 0.231 e. The second-order valence-electron chi connectivity index (χ2n) is 4.52. The number of amides is 1. The van der Waals surface area contributed by atoms with Gasteiger partial charge in [-0.05, 0) is 34.8 Å². The molecule has 1 aromatic heterocycles. The normalized spacial score (nSPS) is 17.6. The summed E-state index contributed by atoms with van der Waals surface area (Å²) in [6.45, 7) is 2.18. The monoisotopic (exact) mass is 312 g/mol.